The highest BCUT2D eigenvalue weighted by atomic mass is 32.2. The molecule has 0 aliphatic rings. The average Bonchev–Trinajstić information content (AvgIpc) is 3.13. The average molecular weight is 496 g/mol. The van der Waals surface area contributed by atoms with Gasteiger partial charge >= 0.3 is 0 Å². The Bertz CT molecular complexity index is 1500. The summed E-state index contributed by atoms with van der Waals surface area (Å²) in [5.74, 6) is -0.401. The number of hydrogen-bond donors (Lipinski definition) is 1. The number of fused-ring (bicyclic) bond motifs is 1. The lowest BCUT2D eigenvalue weighted by molar-refractivity contribution is 0.0997. The van der Waals surface area contributed by atoms with Crippen molar-refractivity contribution in [3.63, 3.8) is 0 Å². The Morgan fingerprint density at radius 3 is 2.35 bits per heavy atom. The number of nitrogens with zero attached hydrogens (tertiary/aromatic N) is 2. The highest BCUT2D eigenvalue weighted by Gasteiger charge is 2.15. The minimum atomic E-state index is -3.72. The van der Waals surface area contributed by atoms with Crippen molar-refractivity contribution < 1.29 is 17.9 Å². The molecule has 176 valence electrons. The molecule has 1 heterocycles. The molecule has 0 bridgehead atoms. The van der Waals surface area contributed by atoms with Gasteiger partial charge in [0.25, 0.3) is 15.9 Å². The van der Waals surface area contributed by atoms with E-state index in [9.17, 15) is 13.2 Å². The van der Waals surface area contributed by atoms with Gasteiger partial charge in [0.05, 0.1) is 21.7 Å². The minimum absolute atomic E-state index is 0.175. The Labute approximate surface area is 202 Å². The van der Waals surface area contributed by atoms with Gasteiger partial charge in [-0.2, -0.15) is 4.99 Å². The molecule has 3 aromatic carbocycles. The van der Waals surface area contributed by atoms with Crippen molar-refractivity contribution >= 4 is 43.2 Å². The number of thiazole rings is 1. The first-order valence-corrected chi connectivity index (χ1v) is 12.9. The number of nitrogens with one attached hydrogen (secondary N) is 1. The van der Waals surface area contributed by atoms with Crippen LogP contribution in [0.15, 0.2) is 76.6 Å². The van der Waals surface area contributed by atoms with Crippen LogP contribution in [0.25, 0.3) is 10.2 Å². The van der Waals surface area contributed by atoms with Crippen LogP contribution in [-0.4, -0.2) is 32.6 Å². The molecule has 0 aliphatic heterocycles. The Morgan fingerprint density at radius 1 is 1.00 bits per heavy atom. The maximum absolute atomic E-state index is 12.9. The van der Waals surface area contributed by atoms with Crippen LogP contribution in [0.1, 0.15) is 21.5 Å². The van der Waals surface area contributed by atoms with Gasteiger partial charge in [-0.3, -0.25) is 9.52 Å². The summed E-state index contributed by atoms with van der Waals surface area (Å²) in [4.78, 5) is 18.0. The van der Waals surface area contributed by atoms with Crippen molar-refractivity contribution in [2.45, 2.75) is 25.3 Å². The molecule has 4 aromatic rings. The highest BCUT2D eigenvalue weighted by Crippen LogP contribution is 2.20. The second-order valence-corrected chi connectivity index (χ2v) is 10.6. The molecule has 34 heavy (non-hydrogen) atoms. The molecule has 0 fully saturated rings. The molecule has 0 saturated carbocycles. The summed E-state index contributed by atoms with van der Waals surface area (Å²) in [6.45, 7) is 4.99. The first-order chi connectivity index (χ1) is 16.3. The van der Waals surface area contributed by atoms with Crippen LogP contribution >= 0.6 is 11.3 Å². The van der Waals surface area contributed by atoms with Gasteiger partial charge in [-0.05, 0) is 67.9 Å². The van der Waals surface area contributed by atoms with Gasteiger partial charge in [0.15, 0.2) is 4.80 Å². The van der Waals surface area contributed by atoms with E-state index in [4.69, 9.17) is 4.74 Å². The van der Waals surface area contributed by atoms with Crippen LogP contribution in [0, 0.1) is 13.8 Å². The number of aryl methyl sites for hydroxylation is 2. The quantitative estimate of drug-likeness (QED) is 0.409. The van der Waals surface area contributed by atoms with Crippen LogP contribution in [0.5, 0.6) is 0 Å². The summed E-state index contributed by atoms with van der Waals surface area (Å²) in [7, 11) is -2.08. The number of benzene rings is 3. The highest BCUT2D eigenvalue weighted by molar-refractivity contribution is 7.92. The van der Waals surface area contributed by atoms with Crippen LogP contribution in [0.2, 0.25) is 0 Å². The van der Waals surface area contributed by atoms with E-state index >= 15 is 0 Å². The fraction of sp³-hybridized carbons (Fsp3) is 0.200. The zero-order valence-corrected chi connectivity index (χ0v) is 20.7. The van der Waals surface area contributed by atoms with E-state index < -0.39 is 15.9 Å². The number of aromatic nitrogens is 1. The summed E-state index contributed by atoms with van der Waals surface area (Å²) in [6, 6.07) is 19.0. The Kier molecular flexibility index (Phi) is 6.97. The third-order valence-corrected chi connectivity index (χ3v) is 7.71. The Morgan fingerprint density at radius 2 is 1.68 bits per heavy atom. The number of hydrogen-bond acceptors (Lipinski definition) is 5. The molecule has 1 aromatic heterocycles. The number of amides is 1. The van der Waals surface area contributed by atoms with Gasteiger partial charge in [-0.1, -0.05) is 35.1 Å². The molecule has 9 heteroatoms. The van der Waals surface area contributed by atoms with Gasteiger partial charge in [-0.25, -0.2) is 8.42 Å². The van der Waals surface area contributed by atoms with Crippen molar-refractivity contribution in [1.82, 2.24) is 4.57 Å². The summed E-state index contributed by atoms with van der Waals surface area (Å²) in [6.07, 6.45) is 0. The summed E-state index contributed by atoms with van der Waals surface area (Å²) in [5.41, 5.74) is 3.84. The minimum Gasteiger partial charge on any atom is -0.383 e. The van der Waals surface area contributed by atoms with Gasteiger partial charge in [0.1, 0.15) is 0 Å². The number of carbonyl (C=O) groups is 1. The van der Waals surface area contributed by atoms with E-state index in [0.29, 0.717) is 29.2 Å². The molecule has 0 atom stereocenters. The van der Waals surface area contributed by atoms with Gasteiger partial charge in [0, 0.05) is 24.9 Å². The van der Waals surface area contributed by atoms with Crippen LogP contribution in [-0.2, 0) is 21.3 Å². The molecular weight excluding hydrogens is 470 g/mol. The van der Waals surface area contributed by atoms with Crippen molar-refractivity contribution in [2.75, 3.05) is 18.4 Å². The molecule has 0 saturated heterocycles. The lowest BCUT2D eigenvalue weighted by atomic mass is 10.2. The second-order valence-electron chi connectivity index (χ2n) is 7.91. The monoisotopic (exact) mass is 495 g/mol. The Balaban J connectivity index is 1.59. The molecule has 4 rings (SSSR count). The molecule has 0 spiro atoms. The number of anilines is 1. The first-order valence-electron chi connectivity index (χ1n) is 10.6. The fourth-order valence-electron chi connectivity index (χ4n) is 3.43. The van der Waals surface area contributed by atoms with Gasteiger partial charge in [-0.15, -0.1) is 0 Å². The van der Waals surface area contributed by atoms with Gasteiger partial charge in [0.2, 0.25) is 0 Å². The maximum Gasteiger partial charge on any atom is 0.279 e. The molecule has 0 radical (unpaired) electrons. The molecular formula is C25H25N3O4S2. The lowest BCUT2D eigenvalue weighted by Gasteiger charge is -2.08. The molecule has 7 nitrogen and oxygen atoms in total. The van der Waals surface area contributed by atoms with Gasteiger partial charge < -0.3 is 9.30 Å². The molecule has 0 aliphatic carbocycles. The molecule has 1 N–H and O–H groups in total. The van der Waals surface area contributed by atoms with E-state index in [1.807, 2.05) is 30.5 Å². The number of carbonyl (C=O) groups excluding carboxylic acids is 1. The normalized spacial score (nSPS) is 12.3. The lowest BCUT2D eigenvalue weighted by Crippen LogP contribution is -2.19. The Hall–Kier alpha value is -3.27. The topological polar surface area (TPSA) is 89.8 Å². The third-order valence-electron chi connectivity index (χ3n) is 5.27. The summed E-state index contributed by atoms with van der Waals surface area (Å²) < 4.78 is 36.0. The number of ether oxygens (including phenoxy) is 1. The summed E-state index contributed by atoms with van der Waals surface area (Å²) >= 11 is 1.45. The second kappa shape index (κ2) is 9.92. The van der Waals surface area contributed by atoms with Crippen molar-refractivity contribution in [3.8, 4) is 0 Å². The number of sulfonamides is 1. The van der Waals surface area contributed by atoms with E-state index in [1.165, 1.54) is 11.3 Å². The molecule has 1 amide bonds. The first kappa shape index (κ1) is 23.9. The van der Waals surface area contributed by atoms with E-state index in [1.54, 1.807) is 55.6 Å². The van der Waals surface area contributed by atoms with E-state index in [0.717, 1.165) is 21.3 Å². The standard InChI is InChI=1S/C25H25N3O4S2/c1-17-4-11-21(12-5-17)34(30,31)27-20-9-7-19(8-10-20)24(29)26-25-28(14-15-32-3)22-13-6-18(2)16-23(22)33-25/h4-13,16,27H,14-15H2,1-3H3. The SMILES string of the molecule is COCCn1c(=NC(=O)c2ccc(NS(=O)(=O)c3ccc(C)cc3)cc2)sc2cc(C)ccc21. The van der Waals surface area contributed by atoms with E-state index in [-0.39, 0.29) is 4.90 Å². The third kappa shape index (κ3) is 5.27. The maximum atomic E-state index is 12.9. The zero-order chi connectivity index (χ0) is 24.3. The van der Waals surface area contributed by atoms with Crippen LogP contribution < -0.4 is 9.52 Å². The van der Waals surface area contributed by atoms with Crippen molar-refractivity contribution in [3.05, 3.63) is 88.2 Å². The van der Waals surface area contributed by atoms with Crippen LogP contribution in [0.3, 0.4) is 0 Å². The largest absolute Gasteiger partial charge is 0.383 e. The fourth-order valence-corrected chi connectivity index (χ4v) is 5.64. The van der Waals surface area contributed by atoms with Crippen molar-refractivity contribution in [1.29, 1.82) is 0 Å². The zero-order valence-electron chi connectivity index (χ0n) is 19.1. The number of rotatable bonds is 7. The predicted molar refractivity (Wildman–Crippen MR) is 135 cm³/mol. The number of methoxy groups -OCH3 is 1. The predicted octanol–water partition coefficient (Wildman–Crippen LogP) is 4.51. The van der Waals surface area contributed by atoms with E-state index in [2.05, 4.69) is 15.8 Å². The van der Waals surface area contributed by atoms with Crippen molar-refractivity contribution in [2.24, 2.45) is 4.99 Å². The van der Waals surface area contributed by atoms with Crippen LogP contribution in [0.4, 0.5) is 5.69 Å². The smallest absolute Gasteiger partial charge is 0.279 e. The molecule has 0 unspecified atom stereocenters. The summed E-state index contributed by atoms with van der Waals surface area (Å²) in [5, 5.41) is 0.